The summed E-state index contributed by atoms with van der Waals surface area (Å²) in [4.78, 5) is 25.9. The summed E-state index contributed by atoms with van der Waals surface area (Å²) in [5.41, 5.74) is 3.40. The lowest BCUT2D eigenvalue weighted by atomic mass is 10.1. The molecule has 4 rings (SSSR count). The normalized spacial score (nSPS) is 15.1. The molecule has 1 fully saturated rings. The van der Waals surface area contributed by atoms with Gasteiger partial charge >= 0.3 is 0 Å². The third-order valence-electron chi connectivity index (χ3n) is 5.01. The number of anilines is 2. The molecule has 1 saturated heterocycles. The summed E-state index contributed by atoms with van der Waals surface area (Å²) in [5, 5.41) is 3.99. The molecule has 0 unspecified atom stereocenters. The molecule has 1 aliphatic rings. The van der Waals surface area contributed by atoms with Crippen LogP contribution in [0.4, 0.5) is 11.5 Å². The zero-order chi connectivity index (χ0) is 18.8. The van der Waals surface area contributed by atoms with Crippen molar-refractivity contribution in [2.75, 3.05) is 43.4 Å². The number of carbonyl (C=O) groups excluding carboxylic acids is 1. The Kier molecular flexibility index (Phi) is 4.73. The van der Waals surface area contributed by atoms with Crippen LogP contribution in [0.15, 0.2) is 48.8 Å². The van der Waals surface area contributed by atoms with Crippen molar-refractivity contribution in [2.45, 2.75) is 6.92 Å². The Morgan fingerprint density at radius 2 is 1.93 bits per heavy atom. The van der Waals surface area contributed by atoms with Gasteiger partial charge in [-0.05, 0) is 55.9 Å². The van der Waals surface area contributed by atoms with E-state index in [-0.39, 0.29) is 5.91 Å². The highest BCUT2D eigenvalue weighted by molar-refractivity contribution is 6.05. The molecule has 1 amide bonds. The van der Waals surface area contributed by atoms with Crippen LogP contribution >= 0.6 is 0 Å². The number of nitrogens with one attached hydrogen (secondary N) is 1. The van der Waals surface area contributed by atoms with Gasteiger partial charge < -0.3 is 15.1 Å². The van der Waals surface area contributed by atoms with E-state index in [9.17, 15) is 4.79 Å². The first-order valence-electron chi connectivity index (χ1n) is 9.16. The molecule has 6 nitrogen and oxygen atoms in total. The summed E-state index contributed by atoms with van der Waals surface area (Å²) in [6.07, 6.45) is 3.21. The third-order valence-corrected chi connectivity index (χ3v) is 5.01. The molecule has 0 radical (unpaired) electrons. The maximum Gasteiger partial charge on any atom is 0.257 e. The summed E-state index contributed by atoms with van der Waals surface area (Å²) < 4.78 is 0. The molecule has 1 aliphatic heterocycles. The van der Waals surface area contributed by atoms with Crippen LogP contribution in [0.2, 0.25) is 0 Å². The molecule has 6 heteroatoms. The van der Waals surface area contributed by atoms with Gasteiger partial charge in [0.1, 0.15) is 5.82 Å². The van der Waals surface area contributed by atoms with Crippen molar-refractivity contribution in [1.29, 1.82) is 0 Å². The highest BCUT2D eigenvalue weighted by atomic mass is 16.1. The number of pyridine rings is 2. The van der Waals surface area contributed by atoms with E-state index in [1.807, 2.05) is 18.2 Å². The number of nitrogens with zero attached hydrogens (tertiary/aromatic N) is 4. The molecular weight excluding hydrogens is 338 g/mol. The molecule has 27 heavy (non-hydrogen) atoms. The number of likely N-dealkylation sites (N-methyl/N-ethyl adjacent to an activating group) is 1. The fourth-order valence-corrected chi connectivity index (χ4v) is 3.35. The summed E-state index contributed by atoms with van der Waals surface area (Å²) in [6, 6.07) is 11.5. The van der Waals surface area contributed by atoms with Crippen molar-refractivity contribution >= 4 is 28.3 Å². The Balaban J connectivity index is 1.58. The first-order valence-corrected chi connectivity index (χ1v) is 9.16. The van der Waals surface area contributed by atoms with E-state index in [1.165, 1.54) is 0 Å². The molecule has 0 saturated carbocycles. The van der Waals surface area contributed by atoms with E-state index in [1.54, 1.807) is 24.5 Å². The molecule has 3 aromatic rings. The molecule has 138 valence electrons. The van der Waals surface area contributed by atoms with Gasteiger partial charge in [0.05, 0.1) is 11.1 Å². The van der Waals surface area contributed by atoms with Gasteiger partial charge in [0.15, 0.2) is 0 Å². The van der Waals surface area contributed by atoms with Crippen LogP contribution in [0.25, 0.3) is 10.9 Å². The number of aromatic nitrogens is 2. The van der Waals surface area contributed by atoms with Crippen molar-refractivity contribution in [3.8, 4) is 0 Å². The molecule has 1 N–H and O–H groups in total. The lowest BCUT2D eigenvalue weighted by molar-refractivity contribution is 0.102. The quantitative estimate of drug-likeness (QED) is 0.777. The van der Waals surface area contributed by atoms with Crippen LogP contribution in [-0.4, -0.2) is 54.0 Å². The molecule has 0 atom stereocenters. The number of fused-ring (bicyclic) bond motifs is 1. The fraction of sp³-hybridized carbons (Fsp3) is 0.286. The second-order valence-corrected chi connectivity index (χ2v) is 7.02. The standard InChI is InChI=1S/C21H23N5O/c1-15-12-20(26-10-8-25(2)9-11-26)24-19-6-5-17(13-18(15)19)23-21(27)16-4-3-7-22-14-16/h3-7,12-14H,8-11H2,1-2H3,(H,23,27). The molecule has 2 aromatic heterocycles. The van der Waals surface area contributed by atoms with Crippen molar-refractivity contribution in [2.24, 2.45) is 0 Å². The Morgan fingerprint density at radius 3 is 2.67 bits per heavy atom. The van der Waals surface area contributed by atoms with Crippen molar-refractivity contribution in [3.63, 3.8) is 0 Å². The van der Waals surface area contributed by atoms with Gasteiger partial charge in [-0.2, -0.15) is 0 Å². The smallest absolute Gasteiger partial charge is 0.257 e. The number of hydrogen-bond donors (Lipinski definition) is 1. The van der Waals surface area contributed by atoms with Crippen LogP contribution in [0.5, 0.6) is 0 Å². The van der Waals surface area contributed by atoms with E-state index >= 15 is 0 Å². The maximum absolute atomic E-state index is 12.3. The Labute approximate surface area is 158 Å². The zero-order valence-corrected chi connectivity index (χ0v) is 15.6. The second kappa shape index (κ2) is 7.32. The molecular formula is C21H23N5O. The van der Waals surface area contributed by atoms with Crippen molar-refractivity contribution in [1.82, 2.24) is 14.9 Å². The number of rotatable bonds is 3. The van der Waals surface area contributed by atoms with Gasteiger partial charge in [0.2, 0.25) is 0 Å². The van der Waals surface area contributed by atoms with Crippen LogP contribution in [0, 0.1) is 6.92 Å². The summed E-state index contributed by atoms with van der Waals surface area (Å²) in [5.74, 6) is 0.863. The highest BCUT2D eigenvalue weighted by Gasteiger charge is 2.16. The lowest BCUT2D eigenvalue weighted by Gasteiger charge is -2.33. The SMILES string of the molecule is Cc1cc(N2CCN(C)CC2)nc2ccc(NC(=O)c3cccnc3)cc12. The Bertz CT molecular complexity index is 965. The molecule has 0 spiro atoms. The predicted octanol–water partition coefficient (Wildman–Crippen LogP) is 2.94. The Hall–Kier alpha value is -2.99. The minimum atomic E-state index is -0.165. The summed E-state index contributed by atoms with van der Waals surface area (Å²) >= 11 is 0. The second-order valence-electron chi connectivity index (χ2n) is 7.02. The first-order chi connectivity index (χ1) is 13.1. The molecule has 0 aliphatic carbocycles. The maximum atomic E-state index is 12.3. The van der Waals surface area contributed by atoms with E-state index in [0.717, 1.165) is 54.2 Å². The van der Waals surface area contributed by atoms with Crippen LogP contribution in [0.1, 0.15) is 15.9 Å². The number of aryl methyl sites for hydroxylation is 1. The number of piperazine rings is 1. The summed E-state index contributed by atoms with van der Waals surface area (Å²) in [6.45, 7) is 6.19. The Morgan fingerprint density at radius 1 is 1.11 bits per heavy atom. The van der Waals surface area contributed by atoms with Crippen molar-refractivity contribution < 1.29 is 4.79 Å². The summed E-state index contributed by atoms with van der Waals surface area (Å²) in [7, 11) is 2.15. The van der Waals surface area contributed by atoms with Gasteiger partial charge in [-0.25, -0.2) is 4.98 Å². The number of benzene rings is 1. The first kappa shape index (κ1) is 17.4. The van der Waals surface area contributed by atoms with Crippen LogP contribution < -0.4 is 10.2 Å². The molecule has 0 bridgehead atoms. The zero-order valence-electron chi connectivity index (χ0n) is 15.6. The van der Waals surface area contributed by atoms with E-state index in [2.05, 4.69) is 40.1 Å². The predicted molar refractivity (Wildman–Crippen MR) is 108 cm³/mol. The number of carbonyl (C=O) groups is 1. The number of amides is 1. The van der Waals surface area contributed by atoms with E-state index in [4.69, 9.17) is 4.98 Å². The average molecular weight is 361 g/mol. The monoisotopic (exact) mass is 361 g/mol. The van der Waals surface area contributed by atoms with E-state index in [0.29, 0.717) is 5.56 Å². The largest absolute Gasteiger partial charge is 0.354 e. The molecule has 3 heterocycles. The highest BCUT2D eigenvalue weighted by Crippen LogP contribution is 2.26. The average Bonchev–Trinajstić information content (AvgIpc) is 2.69. The molecule has 1 aromatic carbocycles. The van der Waals surface area contributed by atoms with Gasteiger partial charge in [-0.15, -0.1) is 0 Å². The van der Waals surface area contributed by atoms with Gasteiger partial charge in [0.25, 0.3) is 5.91 Å². The van der Waals surface area contributed by atoms with Gasteiger partial charge in [-0.3, -0.25) is 9.78 Å². The lowest BCUT2D eigenvalue weighted by Crippen LogP contribution is -2.44. The topological polar surface area (TPSA) is 61.4 Å². The third kappa shape index (κ3) is 3.75. The van der Waals surface area contributed by atoms with Crippen LogP contribution in [0.3, 0.4) is 0 Å². The van der Waals surface area contributed by atoms with Gasteiger partial charge in [0, 0.05) is 49.6 Å². The van der Waals surface area contributed by atoms with Crippen molar-refractivity contribution in [3.05, 3.63) is 59.9 Å². The van der Waals surface area contributed by atoms with E-state index < -0.39 is 0 Å². The fourth-order valence-electron chi connectivity index (χ4n) is 3.35. The van der Waals surface area contributed by atoms with Gasteiger partial charge in [-0.1, -0.05) is 0 Å². The minimum Gasteiger partial charge on any atom is -0.354 e. The number of hydrogen-bond acceptors (Lipinski definition) is 5. The minimum absolute atomic E-state index is 0.165. The van der Waals surface area contributed by atoms with Crippen LogP contribution in [-0.2, 0) is 0 Å².